The molecule has 1 amide bonds. The van der Waals surface area contributed by atoms with Crippen LogP contribution in [0.2, 0.25) is 5.02 Å². The quantitative estimate of drug-likeness (QED) is 0.601. The molecular formula is C23H34ClF3N4O. The smallest absolute Gasteiger partial charge is 0.341 e. The van der Waals surface area contributed by atoms with Gasteiger partial charge in [-0.3, -0.25) is 20.7 Å². The maximum Gasteiger partial charge on any atom is 0.403 e. The Morgan fingerprint density at radius 2 is 1.88 bits per heavy atom. The fraction of sp³-hybridized carbons (Fsp3) is 0.696. The number of rotatable bonds is 5. The third-order valence-corrected chi connectivity index (χ3v) is 6.89. The number of halogens is 4. The summed E-state index contributed by atoms with van der Waals surface area (Å²) in [6.45, 7) is 9.55. The lowest BCUT2D eigenvalue weighted by atomic mass is 9.70. The first kappa shape index (κ1) is 25.3. The molecule has 3 rings (SSSR count). The van der Waals surface area contributed by atoms with E-state index in [2.05, 4.69) is 29.8 Å². The van der Waals surface area contributed by atoms with E-state index in [1.54, 1.807) is 0 Å². The molecule has 2 heterocycles. The molecular weight excluding hydrogens is 441 g/mol. The SMILES string of the molecule is CC(C)[C@@H](NC1NCCC(C(F)(F)F)N1)C(=O)N1CCC(c2ccc(Cl)cc2)C(C)(C)C1. The van der Waals surface area contributed by atoms with Crippen LogP contribution in [0.3, 0.4) is 0 Å². The molecule has 0 spiro atoms. The van der Waals surface area contributed by atoms with E-state index in [0.717, 1.165) is 6.42 Å². The van der Waals surface area contributed by atoms with Crippen LogP contribution in [0.25, 0.3) is 0 Å². The Morgan fingerprint density at radius 3 is 2.44 bits per heavy atom. The normalized spacial score (nSPS) is 27.4. The molecule has 0 bridgehead atoms. The lowest BCUT2D eigenvalue weighted by Crippen LogP contribution is -2.68. The standard InChI is InChI=1S/C23H34ClF3N4O/c1-14(2)19(30-21-28-11-9-18(29-21)23(25,26)27)20(32)31-12-10-17(22(3,4)13-31)15-5-7-16(24)8-6-15/h5-8,14,17-19,21,28-30H,9-13H2,1-4H3/t17?,18?,19-,21?/m1/s1. The monoisotopic (exact) mass is 474 g/mol. The number of likely N-dealkylation sites (tertiary alicyclic amines) is 1. The van der Waals surface area contributed by atoms with Crippen LogP contribution in [0, 0.1) is 11.3 Å². The van der Waals surface area contributed by atoms with Gasteiger partial charge >= 0.3 is 6.18 Å². The van der Waals surface area contributed by atoms with Crippen molar-refractivity contribution in [2.45, 2.75) is 71.0 Å². The van der Waals surface area contributed by atoms with Crippen molar-refractivity contribution < 1.29 is 18.0 Å². The predicted molar refractivity (Wildman–Crippen MR) is 120 cm³/mol. The molecule has 0 aromatic heterocycles. The Morgan fingerprint density at radius 1 is 1.22 bits per heavy atom. The molecule has 1 aromatic carbocycles. The van der Waals surface area contributed by atoms with Crippen molar-refractivity contribution in [3.63, 3.8) is 0 Å². The number of nitrogens with zero attached hydrogens (tertiary/aromatic N) is 1. The third kappa shape index (κ3) is 5.95. The topological polar surface area (TPSA) is 56.4 Å². The van der Waals surface area contributed by atoms with Gasteiger partial charge < -0.3 is 4.90 Å². The second-order valence-electron chi connectivity index (χ2n) is 9.97. The van der Waals surface area contributed by atoms with Crippen molar-refractivity contribution in [2.24, 2.45) is 11.3 Å². The van der Waals surface area contributed by atoms with Gasteiger partial charge in [0.2, 0.25) is 5.91 Å². The highest BCUT2D eigenvalue weighted by Crippen LogP contribution is 2.42. The highest BCUT2D eigenvalue weighted by atomic mass is 35.5. The Bertz CT molecular complexity index is 784. The van der Waals surface area contributed by atoms with Gasteiger partial charge in [0.15, 0.2) is 0 Å². The van der Waals surface area contributed by atoms with Crippen LogP contribution in [0.15, 0.2) is 24.3 Å². The van der Waals surface area contributed by atoms with Crippen LogP contribution in [0.1, 0.15) is 52.0 Å². The third-order valence-electron chi connectivity index (χ3n) is 6.64. The molecule has 4 atom stereocenters. The lowest BCUT2D eigenvalue weighted by molar-refractivity contribution is -0.164. The molecule has 0 aliphatic carbocycles. The van der Waals surface area contributed by atoms with Crippen LogP contribution in [-0.4, -0.2) is 55.0 Å². The Kier molecular flexibility index (Phi) is 7.80. The van der Waals surface area contributed by atoms with Crippen molar-refractivity contribution in [3.05, 3.63) is 34.9 Å². The molecule has 1 aromatic rings. The number of hydrogen-bond donors (Lipinski definition) is 3. The number of alkyl halides is 3. The molecule has 2 aliphatic heterocycles. The number of nitrogens with one attached hydrogen (secondary N) is 3. The maximum atomic E-state index is 13.4. The second kappa shape index (κ2) is 9.87. The van der Waals surface area contributed by atoms with E-state index in [1.165, 1.54) is 5.56 Å². The van der Waals surface area contributed by atoms with Crippen LogP contribution >= 0.6 is 11.6 Å². The van der Waals surface area contributed by atoms with E-state index in [1.807, 2.05) is 43.0 Å². The van der Waals surface area contributed by atoms with Crippen molar-refractivity contribution in [1.29, 1.82) is 0 Å². The molecule has 0 radical (unpaired) electrons. The van der Waals surface area contributed by atoms with Gasteiger partial charge in [-0.25, -0.2) is 0 Å². The zero-order valence-corrected chi connectivity index (χ0v) is 19.9. The van der Waals surface area contributed by atoms with Crippen molar-refractivity contribution in [2.75, 3.05) is 19.6 Å². The van der Waals surface area contributed by atoms with Gasteiger partial charge in [-0.2, -0.15) is 13.2 Å². The van der Waals surface area contributed by atoms with Gasteiger partial charge in [0, 0.05) is 18.1 Å². The van der Waals surface area contributed by atoms with Crippen LogP contribution in [0.4, 0.5) is 13.2 Å². The zero-order chi connectivity index (χ0) is 23.7. The van der Waals surface area contributed by atoms with Crippen molar-refractivity contribution in [3.8, 4) is 0 Å². The summed E-state index contributed by atoms with van der Waals surface area (Å²) in [7, 11) is 0. The number of carbonyl (C=O) groups is 1. The molecule has 180 valence electrons. The number of piperidine rings is 1. The summed E-state index contributed by atoms with van der Waals surface area (Å²) in [6, 6.07) is 5.70. The fourth-order valence-electron chi connectivity index (χ4n) is 4.86. The Hall–Kier alpha value is -1.35. The molecule has 3 unspecified atom stereocenters. The van der Waals surface area contributed by atoms with E-state index in [9.17, 15) is 18.0 Å². The Balaban J connectivity index is 1.67. The predicted octanol–water partition coefficient (Wildman–Crippen LogP) is 4.09. The molecule has 32 heavy (non-hydrogen) atoms. The van der Waals surface area contributed by atoms with Crippen molar-refractivity contribution >= 4 is 17.5 Å². The number of carbonyl (C=O) groups excluding carboxylic acids is 1. The number of benzene rings is 1. The summed E-state index contributed by atoms with van der Waals surface area (Å²) in [5.41, 5.74) is 1.06. The minimum absolute atomic E-state index is 0.0334. The second-order valence-corrected chi connectivity index (χ2v) is 10.4. The first-order chi connectivity index (χ1) is 14.9. The first-order valence-electron chi connectivity index (χ1n) is 11.2. The van der Waals surface area contributed by atoms with E-state index >= 15 is 0 Å². The minimum atomic E-state index is -4.31. The highest BCUT2D eigenvalue weighted by Gasteiger charge is 2.44. The molecule has 2 fully saturated rings. The van der Waals surface area contributed by atoms with Gasteiger partial charge in [0.25, 0.3) is 0 Å². The van der Waals surface area contributed by atoms with E-state index in [4.69, 9.17) is 11.6 Å². The van der Waals surface area contributed by atoms with Gasteiger partial charge in [-0.1, -0.05) is 51.4 Å². The number of amides is 1. The maximum absolute atomic E-state index is 13.4. The molecule has 3 N–H and O–H groups in total. The summed E-state index contributed by atoms with van der Waals surface area (Å²) < 4.78 is 39.4. The summed E-state index contributed by atoms with van der Waals surface area (Å²) in [4.78, 5) is 15.3. The van der Waals surface area contributed by atoms with Crippen molar-refractivity contribution in [1.82, 2.24) is 20.9 Å². The van der Waals surface area contributed by atoms with Gasteiger partial charge in [0.1, 0.15) is 12.3 Å². The summed E-state index contributed by atoms with van der Waals surface area (Å²) in [5.74, 6) is 0.151. The largest absolute Gasteiger partial charge is 0.403 e. The van der Waals surface area contributed by atoms with Crippen LogP contribution in [0.5, 0.6) is 0 Å². The van der Waals surface area contributed by atoms with Gasteiger partial charge in [0.05, 0.1) is 6.04 Å². The molecule has 5 nitrogen and oxygen atoms in total. The average Bonchev–Trinajstić information content (AvgIpc) is 2.71. The molecule has 2 aliphatic rings. The summed E-state index contributed by atoms with van der Waals surface area (Å²) >= 11 is 6.03. The summed E-state index contributed by atoms with van der Waals surface area (Å²) in [5, 5.41) is 9.37. The average molecular weight is 475 g/mol. The van der Waals surface area contributed by atoms with Gasteiger partial charge in [-0.15, -0.1) is 0 Å². The fourth-order valence-corrected chi connectivity index (χ4v) is 4.99. The molecule has 9 heteroatoms. The van der Waals surface area contributed by atoms with Crippen LogP contribution < -0.4 is 16.0 Å². The lowest BCUT2D eigenvalue weighted by Gasteiger charge is -2.46. The Labute approximate surface area is 193 Å². The van der Waals surface area contributed by atoms with E-state index in [0.29, 0.717) is 24.0 Å². The molecule has 0 saturated carbocycles. The van der Waals surface area contributed by atoms with E-state index < -0.39 is 24.5 Å². The van der Waals surface area contributed by atoms with Crippen LogP contribution in [-0.2, 0) is 4.79 Å². The van der Waals surface area contributed by atoms with Gasteiger partial charge in [-0.05, 0) is 54.3 Å². The molecule has 2 saturated heterocycles. The zero-order valence-electron chi connectivity index (χ0n) is 19.1. The highest BCUT2D eigenvalue weighted by molar-refractivity contribution is 6.30. The minimum Gasteiger partial charge on any atom is -0.341 e. The number of hydrogen-bond acceptors (Lipinski definition) is 4. The first-order valence-corrected chi connectivity index (χ1v) is 11.6. The summed E-state index contributed by atoms with van der Waals surface area (Å²) in [6.07, 6.45) is -4.30. The van der Waals surface area contributed by atoms with E-state index in [-0.39, 0.29) is 30.2 Å².